The summed E-state index contributed by atoms with van der Waals surface area (Å²) in [6.45, 7) is 1.69. The van der Waals surface area contributed by atoms with Gasteiger partial charge in [0.1, 0.15) is 19.2 Å². The van der Waals surface area contributed by atoms with E-state index in [1.165, 1.54) is 17.3 Å². The molecule has 1 N–H and O–H groups in total. The summed E-state index contributed by atoms with van der Waals surface area (Å²) >= 11 is 0. The van der Waals surface area contributed by atoms with Crippen molar-refractivity contribution < 1.29 is 19.4 Å². The van der Waals surface area contributed by atoms with Crippen LogP contribution in [0.15, 0.2) is 12.7 Å². The Morgan fingerprint density at radius 3 is 2.70 bits per heavy atom. The van der Waals surface area contributed by atoms with Crippen molar-refractivity contribution in [2.45, 2.75) is 31.9 Å². The third kappa shape index (κ3) is 4.30. The molecule has 0 bridgehead atoms. The van der Waals surface area contributed by atoms with Crippen LogP contribution in [0.1, 0.15) is 19.3 Å². The highest BCUT2D eigenvalue weighted by Gasteiger charge is 2.23. The van der Waals surface area contributed by atoms with Crippen molar-refractivity contribution in [3.05, 3.63) is 12.7 Å². The molecule has 1 aliphatic rings. The van der Waals surface area contributed by atoms with Gasteiger partial charge in [-0.2, -0.15) is 5.10 Å². The van der Waals surface area contributed by atoms with Crippen molar-refractivity contribution in [1.29, 1.82) is 0 Å². The standard InChI is InChI=1S/C12H18N4O4/c17-11(7-16-9-13-8-14-16)15-4-1-10(2-5-15)20-6-3-12(18)19/h8-10H,1-7H2,(H,18,19). The van der Waals surface area contributed by atoms with E-state index in [1.807, 2.05) is 0 Å². The van der Waals surface area contributed by atoms with Crippen LogP contribution >= 0.6 is 0 Å². The maximum Gasteiger partial charge on any atom is 0.305 e. The van der Waals surface area contributed by atoms with E-state index in [2.05, 4.69) is 10.1 Å². The van der Waals surface area contributed by atoms with Crippen LogP contribution in [0.25, 0.3) is 0 Å². The summed E-state index contributed by atoms with van der Waals surface area (Å²) in [5.74, 6) is -0.843. The second-order valence-corrected chi connectivity index (χ2v) is 4.69. The first-order valence-electron chi connectivity index (χ1n) is 6.58. The first kappa shape index (κ1) is 14.4. The van der Waals surface area contributed by atoms with Crippen molar-refractivity contribution >= 4 is 11.9 Å². The topological polar surface area (TPSA) is 97.6 Å². The Hall–Kier alpha value is -1.96. The predicted octanol–water partition coefficient (Wildman–Crippen LogP) is -0.240. The van der Waals surface area contributed by atoms with Gasteiger partial charge in [0.25, 0.3) is 0 Å². The van der Waals surface area contributed by atoms with Crippen LogP contribution in [0.5, 0.6) is 0 Å². The van der Waals surface area contributed by atoms with Crippen LogP contribution in [0.4, 0.5) is 0 Å². The van der Waals surface area contributed by atoms with Crippen LogP contribution in [0.2, 0.25) is 0 Å². The van der Waals surface area contributed by atoms with Gasteiger partial charge in [0.05, 0.1) is 19.1 Å². The van der Waals surface area contributed by atoms with Crippen LogP contribution in [0, 0.1) is 0 Å². The van der Waals surface area contributed by atoms with E-state index in [9.17, 15) is 9.59 Å². The Bertz CT molecular complexity index is 440. The smallest absolute Gasteiger partial charge is 0.305 e. The van der Waals surface area contributed by atoms with Crippen molar-refractivity contribution in [3.8, 4) is 0 Å². The Balaban J connectivity index is 1.68. The van der Waals surface area contributed by atoms with E-state index in [1.54, 1.807) is 4.90 Å². The molecule has 20 heavy (non-hydrogen) atoms. The van der Waals surface area contributed by atoms with Crippen LogP contribution in [-0.2, 0) is 20.9 Å². The lowest BCUT2D eigenvalue weighted by Gasteiger charge is -2.31. The van der Waals surface area contributed by atoms with Gasteiger partial charge in [-0.15, -0.1) is 0 Å². The third-order valence-corrected chi connectivity index (χ3v) is 3.23. The van der Waals surface area contributed by atoms with Gasteiger partial charge in [0.2, 0.25) is 5.91 Å². The second kappa shape index (κ2) is 6.99. The number of rotatable bonds is 6. The molecule has 0 aromatic carbocycles. The molecule has 8 heteroatoms. The molecule has 8 nitrogen and oxygen atoms in total. The summed E-state index contributed by atoms with van der Waals surface area (Å²) in [5, 5.41) is 12.4. The number of ether oxygens (including phenoxy) is 1. The van der Waals surface area contributed by atoms with Gasteiger partial charge in [-0.3, -0.25) is 9.59 Å². The highest BCUT2D eigenvalue weighted by Crippen LogP contribution is 2.14. The molecular formula is C12H18N4O4. The first-order valence-corrected chi connectivity index (χ1v) is 6.58. The SMILES string of the molecule is O=C(O)CCOC1CCN(C(=O)Cn2cncn2)CC1. The number of hydrogen-bond acceptors (Lipinski definition) is 5. The minimum atomic E-state index is -0.856. The highest BCUT2D eigenvalue weighted by molar-refractivity contribution is 5.75. The van der Waals surface area contributed by atoms with Gasteiger partial charge >= 0.3 is 5.97 Å². The summed E-state index contributed by atoms with van der Waals surface area (Å²) in [6.07, 6.45) is 4.46. The van der Waals surface area contributed by atoms with Gasteiger partial charge in [-0.25, -0.2) is 9.67 Å². The minimum absolute atomic E-state index is 0.0134. The average molecular weight is 282 g/mol. The number of hydrogen-bond donors (Lipinski definition) is 1. The molecule has 0 atom stereocenters. The van der Waals surface area contributed by atoms with Crippen molar-refractivity contribution in [1.82, 2.24) is 19.7 Å². The van der Waals surface area contributed by atoms with Crippen LogP contribution < -0.4 is 0 Å². The van der Waals surface area contributed by atoms with Crippen molar-refractivity contribution in [2.24, 2.45) is 0 Å². The number of carboxylic acids is 1. The van der Waals surface area contributed by atoms with Crippen LogP contribution in [-0.4, -0.2) is 62.4 Å². The fourth-order valence-electron chi connectivity index (χ4n) is 2.14. The first-order chi connectivity index (χ1) is 9.65. The second-order valence-electron chi connectivity index (χ2n) is 4.69. The minimum Gasteiger partial charge on any atom is -0.481 e. The molecule has 1 aromatic rings. The molecule has 0 aliphatic carbocycles. The molecular weight excluding hydrogens is 264 g/mol. The molecule has 0 radical (unpaired) electrons. The van der Waals surface area contributed by atoms with E-state index in [0.29, 0.717) is 13.1 Å². The van der Waals surface area contributed by atoms with Gasteiger partial charge < -0.3 is 14.7 Å². The number of aliphatic carboxylic acids is 1. The average Bonchev–Trinajstić information content (AvgIpc) is 2.92. The summed E-state index contributed by atoms with van der Waals surface area (Å²) < 4.78 is 6.98. The lowest BCUT2D eigenvalue weighted by Crippen LogP contribution is -2.42. The molecule has 2 rings (SSSR count). The fraction of sp³-hybridized carbons (Fsp3) is 0.667. The maximum atomic E-state index is 12.0. The number of carbonyl (C=O) groups excluding carboxylic acids is 1. The zero-order valence-electron chi connectivity index (χ0n) is 11.1. The van der Waals surface area contributed by atoms with E-state index in [0.717, 1.165) is 12.8 Å². The van der Waals surface area contributed by atoms with E-state index >= 15 is 0 Å². The van der Waals surface area contributed by atoms with E-state index < -0.39 is 5.97 Å². The van der Waals surface area contributed by atoms with E-state index in [-0.39, 0.29) is 31.6 Å². The molecule has 1 fully saturated rings. The number of aromatic nitrogens is 3. The van der Waals surface area contributed by atoms with Gasteiger partial charge in [-0.1, -0.05) is 0 Å². The largest absolute Gasteiger partial charge is 0.481 e. The Morgan fingerprint density at radius 2 is 2.10 bits per heavy atom. The monoisotopic (exact) mass is 282 g/mol. The fourth-order valence-corrected chi connectivity index (χ4v) is 2.14. The van der Waals surface area contributed by atoms with E-state index in [4.69, 9.17) is 9.84 Å². The number of piperidine rings is 1. The molecule has 0 unspecified atom stereocenters. The van der Waals surface area contributed by atoms with Gasteiger partial charge in [-0.05, 0) is 12.8 Å². The molecule has 1 aliphatic heterocycles. The van der Waals surface area contributed by atoms with Crippen molar-refractivity contribution in [3.63, 3.8) is 0 Å². The summed E-state index contributed by atoms with van der Waals surface area (Å²) in [5.41, 5.74) is 0. The Labute approximate surface area is 116 Å². The molecule has 1 saturated heterocycles. The number of carboxylic acid groups (broad SMARTS) is 1. The molecule has 110 valence electrons. The van der Waals surface area contributed by atoms with Crippen LogP contribution in [0.3, 0.4) is 0 Å². The Morgan fingerprint density at radius 1 is 1.35 bits per heavy atom. The molecule has 0 spiro atoms. The summed E-state index contributed by atoms with van der Waals surface area (Å²) in [7, 11) is 0. The molecule has 2 heterocycles. The zero-order chi connectivity index (χ0) is 14.4. The highest BCUT2D eigenvalue weighted by atomic mass is 16.5. The number of amides is 1. The Kier molecular flexibility index (Phi) is 5.05. The predicted molar refractivity (Wildman–Crippen MR) is 67.8 cm³/mol. The number of carbonyl (C=O) groups is 2. The normalized spacial score (nSPS) is 16.3. The van der Waals surface area contributed by atoms with Gasteiger partial charge in [0, 0.05) is 13.1 Å². The third-order valence-electron chi connectivity index (χ3n) is 3.23. The molecule has 1 aromatic heterocycles. The number of nitrogens with zero attached hydrogens (tertiary/aromatic N) is 4. The summed E-state index contributed by atoms with van der Waals surface area (Å²) in [6, 6.07) is 0. The molecule has 1 amide bonds. The van der Waals surface area contributed by atoms with Crippen molar-refractivity contribution in [2.75, 3.05) is 19.7 Å². The maximum absolute atomic E-state index is 12.0. The lowest BCUT2D eigenvalue weighted by atomic mass is 10.1. The summed E-state index contributed by atoms with van der Waals surface area (Å²) in [4.78, 5) is 28.0. The number of likely N-dealkylation sites (tertiary alicyclic amines) is 1. The lowest BCUT2D eigenvalue weighted by molar-refractivity contribution is -0.139. The molecule has 0 saturated carbocycles. The quantitative estimate of drug-likeness (QED) is 0.773. The zero-order valence-corrected chi connectivity index (χ0v) is 11.1. The van der Waals surface area contributed by atoms with Gasteiger partial charge in [0.15, 0.2) is 0 Å².